The maximum absolute atomic E-state index is 5.94. The summed E-state index contributed by atoms with van der Waals surface area (Å²) in [6.45, 7) is 11.0. The van der Waals surface area contributed by atoms with E-state index in [4.69, 9.17) is 11.6 Å². The Bertz CT molecular complexity index is 671. The van der Waals surface area contributed by atoms with Crippen molar-refractivity contribution in [3.8, 4) is 5.69 Å². The smallest absolute Gasteiger partial charge is 0.0646 e. The van der Waals surface area contributed by atoms with Crippen molar-refractivity contribution in [2.45, 2.75) is 25.9 Å². The second kappa shape index (κ2) is 7.87. The van der Waals surface area contributed by atoms with Crippen LogP contribution in [0.2, 0.25) is 5.02 Å². The SMILES string of the molecule is CN1CCN(C(C)(C)CNCc2cnn(-c3ccc(Cl)cc3)c2)CC1. The van der Waals surface area contributed by atoms with Crippen molar-refractivity contribution in [3.05, 3.63) is 47.2 Å². The molecular weight excluding hydrogens is 334 g/mol. The molecule has 0 radical (unpaired) electrons. The van der Waals surface area contributed by atoms with Crippen molar-refractivity contribution in [1.82, 2.24) is 24.9 Å². The number of benzene rings is 1. The zero-order valence-electron chi connectivity index (χ0n) is 15.4. The summed E-state index contributed by atoms with van der Waals surface area (Å²) in [5.74, 6) is 0. The van der Waals surface area contributed by atoms with Crippen LogP contribution in [0.3, 0.4) is 0 Å². The minimum Gasteiger partial charge on any atom is -0.311 e. The lowest BCUT2D eigenvalue weighted by Crippen LogP contribution is -2.57. The van der Waals surface area contributed by atoms with Gasteiger partial charge in [0.25, 0.3) is 0 Å². The topological polar surface area (TPSA) is 36.3 Å². The van der Waals surface area contributed by atoms with E-state index in [0.717, 1.165) is 50.0 Å². The van der Waals surface area contributed by atoms with Gasteiger partial charge in [0.2, 0.25) is 0 Å². The Labute approximate surface area is 155 Å². The van der Waals surface area contributed by atoms with E-state index in [1.165, 1.54) is 5.56 Å². The van der Waals surface area contributed by atoms with Crippen LogP contribution < -0.4 is 5.32 Å². The number of likely N-dealkylation sites (N-methyl/N-ethyl adjacent to an activating group) is 1. The van der Waals surface area contributed by atoms with Crippen molar-refractivity contribution in [3.63, 3.8) is 0 Å². The van der Waals surface area contributed by atoms with Gasteiger partial charge < -0.3 is 10.2 Å². The number of rotatable bonds is 6. The fourth-order valence-electron chi connectivity index (χ4n) is 3.22. The lowest BCUT2D eigenvalue weighted by Gasteiger charge is -2.43. The molecule has 0 atom stereocenters. The summed E-state index contributed by atoms with van der Waals surface area (Å²) < 4.78 is 1.89. The third-order valence-electron chi connectivity index (χ3n) is 4.97. The first-order chi connectivity index (χ1) is 11.9. The monoisotopic (exact) mass is 361 g/mol. The molecule has 3 rings (SSSR count). The van der Waals surface area contributed by atoms with Gasteiger partial charge >= 0.3 is 0 Å². The number of halogens is 1. The van der Waals surface area contributed by atoms with Gasteiger partial charge in [-0.2, -0.15) is 5.10 Å². The Hall–Kier alpha value is -1.40. The molecule has 1 aliphatic heterocycles. The molecule has 2 heterocycles. The minimum absolute atomic E-state index is 0.160. The van der Waals surface area contributed by atoms with E-state index < -0.39 is 0 Å². The van der Waals surface area contributed by atoms with E-state index in [2.05, 4.69) is 47.3 Å². The quantitative estimate of drug-likeness (QED) is 0.858. The standard InChI is InChI=1S/C19H28ClN5/c1-19(2,24-10-8-23(3)9-11-24)15-21-12-16-13-22-25(14-16)18-6-4-17(20)5-7-18/h4-7,13-14,21H,8-12,15H2,1-3H3. The molecular formula is C19H28ClN5. The van der Waals surface area contributed by atoms with Crippen LogP contribution >= 0.6 is 11.6 Å². The summed E-state index contributed by atoms with van der Waals surface area (Å²) in [5.41, 5.74) is 2.37. The molecule has 0 bridgehead atoms. The first kappa shape index (κ1) is 18.4. The molecule has 5 nitrogen and oxygen atoms in total. The lowest BCUT2D eigenvalue weighted by molar-refractivity contribution is 0.0618. The van der Waals surface area contributed by atoms with Gasteiger partial charge in [-0.3, -0.25) is 4.90 Å². The first-order valence-corrected chi connectivity index (χ1v) is 9.26. The molecule has 1 fully saturated rings. The maximum atomic E-state index is 5.94. The lowest BCUT2D eigenvalue weighted by atomic mass is 10.0. The summed E-state index contributed by atoms with van der Waals surface area (Å²) in [4.78, 5) is 4.97. The molecule has 1 saturated heterocycles. The summed E-state index contributed by atoms with van der Waals surface area (Å²) in [5, 5.41) is 8.78. The van der Waals surface area contributed by atoms with Crippen LogP contribution in [-0.2, 0) is 6.54 Å². The Balaban J connectivity index is 1.51. The third-order valence-corrected chi connectivity index (χ3v) is 5.23. The van der Waals surface area contributed by atoms with Crippen LogP contribution in [0, 0.1) is 0 Å². The average molecular weight is 362 g/mol. The molecule has 0 amide bonds. The second-order valence-electron chi connectivity index (χ2n) is 7.48. The second-order valence-corrected chi connectivity index (χ2v) is 7.91. The first-order valence-electron chi connectivity index (χ1n) is 8.88. The highest BCUT2D eigenvalue weighted by Gasteiger charge is 2.28. The number of nitrogens with zero attached hydrogens (tertiary/aromatic N) is 4. The van der Waals surface area contributed by atoms with Gasteiger partial charge in [-0.05, 0) is 45.2 Å². The summed E-state index contributed by atoms with van der Waals surface area (Å²) in [7, 11) is 2.20. The molecule has 1 aromatic heterocycles. The van der Waals surface area contributed by atoms with Crippen molar-refractivity contribution in [2.24, 2.45) is 0 Å². The van der Waals surface area contributed by atoms with Crippen LogP contribution in [0.5, 0.6) is 0 Å². The molecule has 0 spiro atoms. The van der Waals surface area contributed by atoms with Gasteiger partial charge in [0.05, 0.1) is 11.9 Å². The van der Waals surface area contributed by atoms with Crippen LogP contribution in [0.1, 0.15) is 19.4 Å². The number of aromatic nitrogens is 2. The maximum Gasteiger partial charge on any atom is 0.0646 e. The van der Waals surface area contributed by atoms with Gasteiger partial charge in [0.15, 0.2) is 0 Å². The number of hydrogen-bond donors (Lipinski definition) is 1. The summed E-state index contributed by atoms with van der Waals surface area (Å²) in [6.07, 6.45) is 3.99. The molecule has 136 valence electrons. The van der Waals surface area contributed by atoms with Gasteiger partial charge in [-0.15, -0.1) is 0 Å². The molecule has 0 saturated carbocycles. The molecule has 1 N–H and O–H groups in total. The zero-order chi connectivity index (χ0) is 17.9. The van der Waals surface area contributed by atoms with E-state index in [9.17, 15) is 0 Å². The number of piperazine rings is 1. The van der Waals surface area contributed by atoms with Gasteiger partial charge in [0.1, 0.15) is 0 Å². The highest BCUT2D eigenvalue weighted by molar-refractivity contribution is 6.30. The van der Waals surface area contributed by atoms with E-state index in [1.807, 2.05) is 35.1 Å². The molecule has 2 aromatic rings. The Morgan fingerprint density at radius 1 is 1.12 bits per heavy atom. The van der Waals surface area contributed by atoms with Crippen molar-refractivity contribution in [1.29, 1.82) is 0 Å². The van der Waals surface area contributed by atoms with Crippen molar-refractivity contribution in [2.75, 3.05) is 39.8 Å². The van der Waals surface area contributed by atoms with Gasteiger partial charge in [-0.1, -0.05) is 11.6 Å². The predicted octanol–water partition coefficient (Wildman–Crippen LogP) is 2.64. The molecule has 0 aliphatic carbocycles. The Kier molecular flexibility index (Phi) is 5.79. The van der Waals surface area contributed by atoms with Gasteiger partial charge in [-0.25, -0.2) is 4.68 Å². The van der Waals surface area contributed by atoms with Crippen LogP contribution in [0.15, 0.2) is 36.7 Å². The predicted molar refractivity (Wildman–Crippen MR) is 103 cm³/mol. The minimum atomic E-state index is 0.160. The van der Waals surface area contributed by atoms with Gasteiger partial charge in [0, 0.05) is 61.6 Å². The van der Waals surface area contributed by atoms with E-state index in [1.54, 1.807) is 0 Å². The van der Waals surface area contributed by atoms with E-state index >= 15 is 0 Å². The van der Waals surface area contributed by atoms with Crippen LogP contribution in [0.25, 0.3) is 5.69 Å². The highest BCUT2D eigenvalue weighted by Crippen LogP contribution is 2.16. The van der Waals surface area contributed by atoms with Crippen molar-refractivity contribution < 1.29 is 0 Å². The van der Waals surface area contributed by atoms with E-state index in [0.29, 0.717) is 0 Å². The average Bonchev–Trinajstić information content (AvgIpc) is 3.04. The zero-order valence-corrected chi connectivity index (χ0v) is 16.1. The molecule has 25 heavy (non-hydrogen) atoms. The summed E-state index contributed by atoms with van der Waals surface area (Å²) in [6, 6.07) is 7.72. The van der Waals surface area contributed by atoms with Crippen molar-refractivity contribution >= 4 is 11.6 Å². The fraction of sp³-hybridized carbons (Fsp3) is 0.526. The molecule has 1 aliphatic rings. The molecule has 0 unspecified atom stereocenters. The Morgan fingerprint density at radius 3 is 2.48 bits per heavy atom. The summed E-state index contributed by atoms with van der Waals surface area (Å²) >= 11 is 5.94. The number of nitrogens with one attached hydrogen (secondary N) is 1. The van der Waals surface area contributed by atoms with Crippen LogP contribution in [0.4, 0.5) is 0 Å². The molecule has 1 aromatic carbocycles. The molecule has 6 heteroatoms. The number of hydrogen-bond acceptors (Lipinski definition) is 4. The largest absolute Gasteiger partial charge is 0.311 e. The third kappa shape index (κ3) is 4.82. The fourth-order valence-corrected chi connectivity index (χ4v) is 3.35. The Morgan fingerprint density at radius 2 is 1.80 bits per heavy atom. The highest BCUT2D eigenvalue weighted by atomic mass is 35.5. The van der Waals surface area contributed by atoms with E-state index in [-0.39, 0.29) is 5.54 Å². The normalized spacial score (nSPS) is 17.1. The van der Waals surface area contributed by atoms with Crippen LogP contribution in [-0.4, -0.2) is 64.9 Å².